The number of fused-ring (bicyclic) bond motifs is 3. The van der Waals surface area contributed by atoms with Crippen molar-refractivity contribution in [3.63, 3.8) is 0 Å². The Kier molecular flexibility index (Phi) is 3.40. The van der Waals surface area contributed by atoms with Crippen molar-refractivity contribution in [3.05, 3.63) is 65.7 Å². The summed E-state index contributed by atoms with van der Waals surface area (Å²) in [6.07, 6.45) is 4.02. The largest absolute Gasteiger partial charge is 0.382 e. The second kappa shape index (κ2) is 5.53. The predicted octanol–water partition coefficient (Wildman–Crippen LogP) is 4.33. The molecule has 1 aliphatic carbocycles. The van der Waals surface area contributed by atoms with Crippen molar-refractivity contribution < 1.29 is 4.74 Å². The highest BCUT2D eigenvalue weighted by Gasteiger charge is 2.38. The zero-order valence-corrected chi connectivity index (χ0v) is 12.2. The minimum absolute atomic E-state index is 0.370. The van der Waals surface area contributed by atoms with Crippen LogP contribution in [0.3, 0.4) is 0 Å². The molecule has 0 saturated heterocycles. The van der Waals surface area contributed by atoms with Gasteiger partial charge in [-0.1, -0.05) is 42.5 Å². The molecule has 108 valence electrons. The summed E-state index contributed by atoms with van der Waals surface area (Å²) in [7, 11) is 0. The quantitative estimate of drug-likeness (QED) is 0.883. The van der Waals surface area contributed by atoms with E-state index in [1.54, 1.807) is 0 Å². The van der Waals surface area contributed by atoms with Crippen molar-refractivity contribution in [1.29, 1.82) is 0 Å². The molecule has 2 heteroatoms. The van der Waals surface area contributed by atoms with Gasteiger partial charge in [0.1, 0.15) is 0 Å². The lowest BCUT2D eigenvalue weighted by Crippen LogP contribution is -2.42. The van der Waals surface area contributed by atoms with Crippen molar-refractivity contribution in [2.75, 3.05) is 5.32 Å². The molecular formula is C19H21NO. The number of hydrogen-bond donors (Lipinski definition) is 1. The first kappa shape index (κ1) is 12.9. The fourth-order valence-electron chi connectivity index (χ4n) is 3.86. The van der Waals surface area contributed by atoms with Gasteiger partial charge in [0.15, 0.2) is 0 Å². The molecule has 1 heterocycles. The van der Waals surface area contributed by atoms with Crippen LogP contribution in [0.25, 0.3) is 0 Å². The molecule has 0 unspecified atom stereocenters. The van der Waals surface area contributed by atoms with Gasteiger partial charge < -0.3 is 10.1 Å². The number of rotatable bonds is 2. The van der Waals surface area contributed by atoms with Gasteiger partial charge in [-0.3, -0.25) is 0 Å². The number of anilines is 1. The molecule has 0 amide bonds. The first-order chi connectivity index (χ1) is 10.4. The van der Waals surface area contributed by atoms with Gasteiger partial charge in [-0.15, -0.1) is 0 Å². The Bertz CT molecular complexity index is 610. The Morgan fingerprint density at radius 2 is 1.71 bits per heavy atom. The van der Waals surface area contributed by atoms with Crippen LogP contribution in [0.2, 0.25) is 0 Å². The number of hydrogen-bond acceptors (Lipinski definition) is 2. The Balaban J connectivity index is 1.65. The highest BCUT2D eigenvalue weighted by atomic mass is 16.5. The molecule has 3 atom stereocenters. The molecule has 2 aromatic rings. The third-order valence-corrected chi connectivity index (χ3v) is 4.83. The predicted molar refractivity (Wildman–Crippen MR) is 85.5 cm³/mol. The van der Waals surface area contributed by atoms with Gasteiger partial charge in [0.2, 0.25) is 0 Å². The number of nitrogens with one attached hydrogen (secondary N) is 1. The molecule has 1 aliphatic heterocycles. The third kappa shape index (κ3) is 2.44. The number of para-hydroxylation sites is 1. The summed E-state index contributed by atoms with van der Waals surface area (Å²) in [5, 5.41) is 3.74. The van der Waals surface area contributed by atoms with Crippen molar-refractivity contribution in [3.8, 4) is 0 Å². The number of ether oxygens (including phenoxy) is 1. The van der Waals surface area contributed by atoms with Crippen LogP contribution in [0, 0.1) is 0 Å². The Hall–Kier alpha value is -1.80. The van der Waals surface area contributed by atoms with Gasteiger partial charge in [-0.2, -0.15) is 0 Å². The van der Waals surface area contributed by atoms with Crippen molar-refractivity contribution in [1.82, 2.24) is 0 Å². The molecule has 4 rings (SSSR count). The van der Waals surface area contributed by atoms with E-state index < -0.39 is 0 Å². The Morgan fingerprint density at radius 3 is 2.62 bits per heavy atom. The smallest absolute Gasteiger partial charge is 0.0723 e. The summed E-state index contributed by atoms with van der Waals surface area (Å²) in [6.45, 7) is 0.773. The molecule has 0 aromatic heterocycles. The van der Waals surface area contributed by atoms with E-state index in [0.717, 1.165) is 6.61 Å². The molecule has 0 bridgehead atoms. The molecule has 0 spiro atoms. The summed E-state index contributed by atoms with van der Waals surface area (Å²) in [6, 6.07) is 19.8. The van der Waals surface area contributed by atoms with E-state index in [9.17, 15) is 0 Å². The van der Waals surface area contributed by atoms with Crippen LogP contribution in [0.5, 0.6) is 0 Å². The van der Waals surface area contributed by atoms with Crippen molar-refractivity contribution >= 4 is 5.69 Å². The van der Waals surface area contributed by atoms with Gasteiger partial charge in [0.25, 0.3) is 0 Å². The molecule has 1 N–H and O–H groups in total. The SMILES string of the molecule is c1ccc(N[C@@H]2CCC[C@H]3OCc4ccccc4[C@@H]23)cc1. The van der Waals surface area contributed by atoms with Gasteiger partial charge in [-0.25, -0.2) is 0 Å². The third-order valence-electron chi connectivity index (χ3n) is 4.83. The lowest BCUT2D eigenvalue weighted by molar-refractivity contribution is -0.0153. The Labute approximate surface area is 126 Å². The Morgan fingerprint density at radius 1 is 0.905 bits per heavy atom. The van der Waals surface area contributed by atoms with Crippen molar-refractivity contribution in [2.45, 2.75) is 43.9 Å². The zero-order valence-electron chi connectivity index (χ0n) is 12.2. The van der Waals surface area contributed by atoms with Gasteiger partial charge >= 0.3 is 0 Å². The average molecular weight is 279 g/mol. The fourth-order valence-corrected chi connectivity index (χ4v) is 3.86. The maximum Gasteiger partial charge on any atom is 0.0723 e. The zero-order chi connectivity index (χ0) is 14.1. The first-order valence-electron chi connectivity index (χ1n) is 7.93. The van der Waals surface area contributed by atoms with Crippen LogP contribution in [0.1, 0.15) is 36.3 Å². The minimum Gasteiger partial charge on any atom is -0.382 e. The summed E-state index contributed by atoms with van der Waals surface area (Å²) < 4.78 is 6.14. The molecule has 0 radical (unpaired) electrons. The normalized spacial score (nSPS) is 27.5. The molecule has 2 aliphatic rings. The highest BCUT2D eigenvalue weighted by Crippen LogP contribution is 2.41. The van der Waals surface area contributed by atoms with E-state index in [1.165, 1.54) is 36.1 Å². The monoisotopic (exact) mass is 279 g/mol. The molecule has 2 nitrogen and oxygen atoms in total. The van der Waals surface area contributed by atoms with Gasteiger partial charge in [-0.05, 0) is 42.5 Å². The maximum atomic E-state index is 6.14. The van der Waals surface area contributed by atoms with E-state index in [2.05, 4.69) is 59.9 Å². The van der Waals surface area contributed by atoms with Crippen LogP contribution in [-0.2, 0) is 11.3 Å². The lowest BCUT2D eigenvalue weighted by Gasteiger charge is -2.42. The number of benzene rings is 2. The second-order valence-electron chi connectivity index (χ2n) is 6.12. The summed E-state index contributed by atoms with van der Waals surface area (Å²) in [4.78, 5) is 0. The summed E-state index contributed by atoms with van der Waals surface area (Å²) >= 11 is 0. The van der Waals surface area contributed by atoms with Crippen LogP contribution >= 0.6 is 0 Å². The van der Waals surface area contributed by atoms with E-state index in [0.29, 0.717) is 18.1 Å². The molecule has 2 aromatic carbocycles. The lowest BCUT2D eigenvalue weighted by atomic mass is 9.75. The second-order valence-corrected chi connectivity index (χ2v) is 6.12. The fraction of sp³-hybridized carbons (Fsp3) is 0.368. The summed E-state index contributed by atoms with van der Waals surface area (Å²) in [5.74, 6) is 0.476. The topological polar surface area (TPSA) is 21.3 Å². The van der Waals surface area contributed by atoms with Crippen LogP contribution in [-0.4, -0.2) is 12.1 Å². The standard InChI is InChI=1S/C19H21NO/c1-2-8-15(9-3-1)20-17-11-6-12-18-19(17)16-10-5-4-7-14(16)13-21-18/h1-5,7-10,17-20H,6,11-13H2/t17-,18-,19+/m1/s1. The van der Waals surface area contributed by atoms with Crippen LogP contribution < -0.4 is 5.32 Å². The van der Waals surface area contributed by atoms with Crippen LogP contribution in [0.15, 0.2) is 54.6 Å². The van der Waals surface area contributed by atoms with E-state index in [-0.39, 0.29) is 0 Å². The molecular weight excluding hydrogens is 258 g/mol. The van der Waals surface area contributed by atoms with Gasteiger partial charge in [0.05, 0.1) is 12.7 Å². The first-order valence-corrected chi connectivity index (χ1v) is 7.93. The average Bonchev–Trinajstić information content (AvgIpc) is 2.56. The van der Waals surface area contributed by atoms with Crippen LogP contribution in [0.4, 0.5) is 5.69 Å². The molecule has 21 heavy (non-hydrogen) atoms. The highest BCUT2D eigenvalue weighted by molar-refractivity contribution is 5.46. The summed E-state index contributed by atoms with van der Waals surface area (Å²) in [5.41, 5.74) is 4.06. The molecule has 1 fully saturated rings. The maximum absolute atomic E-state index is 6.14. The van der Waals surface area contributed by atoms with E-state index >= 15 is 0 Å². The van der Waals surface area contributed by atoms with Crippen molar-refractivity contribution in [2.24, 2.45) is 0 Å². The van der Waals surface area contributed by atoms with Gasteiger partial charge in [0, 0.05) is 17.6 Å². The van der Waals surface area contributed by atoms with E-state index in [4.69, 9.17) is 4.74 Å². The minimum atomic E-state index is 0.370. The molecule has 1 saturated carbocycles. The van der Waals surface area contributed by atoms with E-state index in [1.807, 2.05) is 0 Å².